The van der Waals surface area contributed by atoms with Crippen molar-refractivity contribution in [3.63, 3.8) is 0 Å². The van der Waals surface area contributed by atoms with Gasteiger partial charge in [-0.15, -0.1) is 0 Å². The van der Waals surface area contributed by atoms with E-state index in [1.165, 1.54) is 0 Å². The van der Waals surface area contributed by atoms with Crippen molar-refractivity contribution in [1.29, 1.82) is 0 Å². The van der Waals surface area contributed by atoms with Gasteiger partial charge in [0.1, 0.15) is 0 Å². The number of nitrogens with two attached hydrogens (primary N) is 1. The number of carbonyl (C=O) groups is 1. The van der Waals surface area contributed by atoms with E-state index in [1.807, 2.05) is 7.05 Å². The molecular formula is C15H24N2O2. The summed E-state index contributed by atoms with van der Waals surface area (Å²) in [7, 11) is 1.98. The standard InChI is InChI=1S/C15H24N2O2/c1-6-19-14(18)11-7-8-12(16)13(9-11)17(5)10-15(2,3)4/h7-9H,6,10,16H2,1-5H3. The molecule has 4 nitrogen and oxygen atoms in total. The van der Waals surface area contributed by atoms with Gasteiger partial charge in [0.2, 0.25) is 0 Å². The third-order valence-corrected chi connectivity index (χ3v) is 2.66. The number of benzene rings is 1. The number of anilines is 2. The van der Waals surface area contributed by atoms with Crippen molar-refractivity contribution in [2.45, 2.75) is 27.7 Å². The highest BCUT2D eigenvalue weighted by Crippen LogP contribution is 2.27. The van der Waals surface area contributed by atoms with Gasteiger partial charge in [0.15, 0.2) is 0 Å². The van der Waals surface area contributed by atoms with Gasteiger partial charge in [-0.05, 0) is 30.5 Å². The van der Waals surface area contributed by atoms with Crippen LogP contribution in [-0.4, -0.2) is 26.2 Å². The Morgan fingerprint density at radius 2 is 2.00 bits per heavy atom. The molecule has 4 heteroatoms. The summed E-state index contributed by atoms with van der Waals surface area (Å²) in [6.45, 7) is 9.50. The summed E-state index contributed by atoms with van der Waals surface area (Å²) in [6.07, 6.45) is 0. The van der Waals surface area contributed by atoms with Crippen molar-refractivity contribution < 1.29 is 9.53 Å². The van der Waals surface area contributed by atoms with Gasteiger partial charge in [0.05, 0.1) is 23.5 Å². The molecule has 0 amide bonds. The second-order valence-corrected chi connectivity index (χ2v) is 5.91. The molecule has 0 saturated heterocycles. The van der Waals surface area contributed by atoms with Crippen molar-refractivity contribution >= 4 is 17.3 Å². The maximum absolute atomic E-state index is 11.7. The number of esters is 1. The summed E-state index contributed by atoms with van der Waals surface area (Å²) in [6, 6.07) is 5.24. The van der Waals surface area contributed by atoms with Crippen LogP contribution in [0.25, 0.3) is 0 Å². The first-order valence-electron chi connectivity index (χ1n) is 6.52. The van der Waals surface area contributed by atoms with Crippen LogP contribution in [0.5, 0.6) is 0 Å². The Bertz CT molecular complexity index is 450. The monoisotopic (exact) mass is 264 g/mol. The summed E-state index contributed by atoms with van der Waals surface area (Å²) in [5.41, 5.74) is 8.21. The maximum atomic E-state index is 11.7. The molecule has 0 aromatic heterocycles. The molecule has 0 fully saturated rings. The minimum atomic E-state index is -0.312. The van der Waals surface area contributed by atoms with Gasteiger partial charge in [0.25, 0.3) is 0 Å². The molecule has 0 aliphatic rings. The Morgan fingerprint density at radius 1 is 1.37 bits per heavy atom. The number of carbonyl (C=O) groups excluding carboxylic acids is 1. The lowest BCUT2D eigenvalue weighted by Crippen LogP contribution is -2.29. The molecule has 0 unspecified atom stereocenters. The van der Waals surface area contributed by atoms with E-state index in [-0.39, 0.29) is 11.4 Å². The average molecular weight is 264 g/mol. The lowest BCUT2D eigenvalue weighted by atomic mass is 9.96. The fourth-order valence-corrected chi connectivity index (χ4v) is 2.01. The molecule has 0 aliphatic carbocycles. The zero-order valence-electron chi connectivity index (χ0n) is 12.5. The van der Waals surface area contributed by atoms with Gasteiger partial charge in [-0.25, -0.2) is 4.79 Å². The summed E-state index contributed by atoms with van der Waals surface area (Å²) in [4.78, 5) is 13.8. The van der Waals surface area contributed by atoms with Crippen LogP contribution < -0.4 is 10.6 Å². The minimum absolute atomic E-state index is 0.154. The molecule has 106 valence electrons. The highest BCUT2D eigenvalue weighted by molar-refractivity contribution is 5.92. The molecule has 0 spiro atoms. The summed E-state index contributed by atoms with van der Waals surface area (Å²) < 4.78 is 5.01. The van der Waals surface area contributed by atoms with E-state index < -0.39 is 0 Å². The van der Waals surface area contributed by atoms with Gasteiger partial charge < -0.3 is 15.4 Å². The van der Waals surface area contributed by atoms with E-state index in [0.717, 1.165) is 12.2 Å². The topological polar surface area (TPSA) is 55.6 Å². The highest BCUT2D eigenvalue weighted by atomic mass is 16.5. The summed E-state index contributed by atoms with van der Waals surface area (Å²) >= 11 is 0. The second-order valence-electron chi connectivity index (χ2n) is 5.91. The van der Waals surface area contributed by atoms with Crippen LogP contribution in [0.1, 0.15) is 38.1 Å². The molecule has 1 aromatic rings. The summed E-state index contributed by atoms with van der Waals surface area (Å²) in [5, 5.41) is 0. The lowest BCUT2D eigenvalue weighted by molar-refractivity contribution is 0.0526. The van der Waals surface area contributed by atoms with Crippen LogP contribution in [0.2, 0.25) is 0 Å². The number of nitrogens with zero attached hydrogens (tertiary/aromatic N) is 1. The third kappa shape index (κ3) is 4.47. The first-order valence-corrected chi connectivity index (χ1v) is 6.52. The molecule has 0 bridgehead atoms. The average Bonchev–Trinajstić information content (AvgIpc) is 2.27. The number of hydrogen-bond acceptors (Lipinski definition) is 4. The Balaban J connectivity index is 3.00. The van der Waals surface area contributed by atoms with Crippen LogP contribution in [0, 0.1) is 5.41 Å². The predicted octanol–water partition coefficient (Wildman–Crippen LogP) is 2.93. The molecular weight excluding hydrogens is 240 g/mol. The van der Waals surface area contributed by atoms with Crippen molar-refractivity contribution in [2.75, 3.05) is 30.8 Å². The van der Waals surface area contributed by atoms with E-state index in [1.54, 1.807) is 25.1 Å². The fourth-order valence-electron chi connectivity index (χ4n) is 2.01. The molecule has 19 heavy (non-hydrogen) atoms. The molecule has 0 radical (unpaired) electrons. The first kappa shape index (κ1) is 15.3. The zero-order chi connectivity index (χ0) is 14.6. The maximum Gasteiger partial charge on any atom is 0.338 e. The lowest BCUT2D eigenvalue weighted by Gasteiger charge is -2.29. The quantitative estimate of drug-likeness (QED) is 0.671. The van der Waals surface area contributed by atoms with Crippen LogP contribution >= 0.6 is 0 Å². The third-order valence-electron chi connectivity index (χ3n) is 2.66. The molecule has 0 atom stereocenters. The summed E-state index contributed by atoms with van der Waals surface area (Å²) in [5.74, 6) is -0.312. The molecule has 0 saturated carbocycles. The van der Waals surface area contributed by atoms with E-state index in [2.05, 4.69) is 25.7 Å². The van der Waals surface area contributed by atoms with E-state index in [4.69, 9.17) is 10.5 Å². The highest BCUT2D eigenvalue weighted by Gasteiger charge is 2.17. The van der Waals surface area contributed by atoms with E-state index >= 15 is 0 Å². The van der Waals surface area contributed by atoms with Gasteiger partial charge in [-0.1, -0.05) is 20.8 Å². The van der Waals surface area contributed by atoms with Crippen molar-refractivity contribution in [2.24, 2.45) is 5.41 Å². The SMILES string of the molecule is CCOC(=O)c1ccc(N)c(N(C)CC(C)(C)C)c1. The number of ether oxygens (including phenoxy) is 1. The Kier molecular flexibility index (Phi) is 4.81. The van der Waals surface area contributed by atoms with Crippen molar-refractivity contribution in [3.8, 4) is 0 Å². The van der Waals surface area contributed by atoms with E-state index in [0.29, 0.717) is 17.9 Å². The molecule has 2 N–H and O–H groups in total. The van der Waals surface area contributed by atoms with E-state index in [9.17, 15) is 4.79 Å². The molecule has 1 aromatic carbocycles. The Morgan fingerprint density at radius 3 is 2.53 bits per heavy atom. The Hall–Kier alpha value is -1.71. The number of nitrogen functional groups attached to an aromatic ring is 1. The predicted molar refractivity (Wildman–Crippen MR) is 79.5 cm³/mol. The smallest absolute Gasteiger partial charge is 0.338 e. The second kappa shape index (κ2) is 5.95. The van der Waals surface area contributed by atoms with Gasteiger partial charge in [-0.2, -0.15) is 0 Å². The molecule has 1 rings (SSSR count). The normalized spacial score (nSPS) is 11.2. The fraction of sp³-hybridized carbons (Fsp3) is 0.533. The van der Waals surface area contributed by atoms with Gasteiger partial charge >= 0.3 is 5.97 Å². The van der Waals surface area contributed by atoms with Crippen LogP contribution in [-0.2, 0) is 4.74 Å². The van der Waals surface area contributed by atoms with Crippen LogP contribution in [0.15, 0.2) is 18.2 Å². The van der Waals surface area contributed by atoms with Crippen LogP contribution in [0.3, 0.4) is 0 Å². The van der Waals surface area contributed by atoms with Crippen molar-refractivity contribution in [3.05, 3.63) is 23.8 Å². The number of rotatable bonds is 4. The first-order chi connectivity index (χ1) is 8.74. The Labute approximate surface area is 115 Å². The molecule has 0 aliphatic heterocycles. The number of hydrogen-bond donors (Lipinski definition) is 1. The van der Waals surface area contributed by atoms with Gasteiger partial charge in [0, 0.05) is 13.6 Å². The van der Waals surface area contributed by atoms with Crippen molar-refractivity contribution in [1.82, 2.24) is 0 Å². The molecule has 0 heterocycles. The largest absolute Gasteiger partial charge is 0.462 e. The minimum Gasteiger partial charge on any atom is -0.462 e. The van der Waals surface area contributed by atoms with Crippen LogP contribution in [0.4, 0.5) is 11.4 Å². The zero-order valence-corrected chi connectivity index (χ0v) is 12.5. The van der Waals surface area contributed by atoms with Gasteiger partial charge in [-0.3, -0.25) is 0 Å².